The summed E-state index contributed by atoms with van der Waals surface area (Å²) >= 11 is 0. The number of rotatable bonds is 5. The SMILES string of the molecule is O=C(NCCN1CCC(O)CC1)C1(c2ccccc2)CC12CCCC2. The van der Waals surface area contributed by atoms with E-state index >= 15 is 0 Å². The van der Waals surface area contributed by atoms with Gasteiger partial charge in [0.1, 0.15) is 0 Å². The van der Waals surface area contributed by atoms with Crippen molar-refractivity contribution < 1.29 is 9.90 Å². The highest BCUT2D eigenvalue weighted by molar-refractivity contribution is 5.93. The van der Waals surface area contributed by atoms with Gasteiger partial charge in [-0.3, -0.25) is 4.79 Å². The lowest BCUT2D eigenvalue weighted by molar-refractivity contribution is -0.124. The maximum Gasteiger partial charge on any atom is 0.231 e. The van der Waals surface area contributed by atoms with Crippen LogP contribution in [0, 0.1) is 5.41 Å². The maximum absolute atomic E-state index is 13.2. The average Bonchev–Trinajstić information content (AvgIpc) is 3.05. The minimum Gasteiger partial charge on any atom is -0.393 e. The van der Waals surface area contributed by atoms with E-state index in [4.69, 9.17) is 0 Å². The molecule has 2 saturated carbocycles. The van der Waals surface area contributed by atoms with Gasteiger partial charge in [0.25, 0.3) is 0 Å². The lowest BCUT2D eigenvalue weighted by atomic mass is 9.84. The number of nitrogens with zero attached hydrogens (tertiary/aromatic N) is 1. The third-order valence-electron chi connectivity index (χ3n) is 6.87. The zero-order valence-corrected chi connectivity index (χ0v) is 15.0. The summed E-state index contributed by atoms with van der Waals surface area (Å²) in [6.45, 7) is 3.46. The second-order valence-corrected chi connectivity index (χ2v) is 8.26. The van der Waals surface area contributed by atoms with Crippen LogP contribution < -0.4 is 5.32 Å². The summed E-state index contributed by atoms with van der Waals surface area (Å²) in [6, 6.07) is 10.4. The van der Waals surface area contributed by atoms with E-state index in [1.807, 2.05) is 6.07 Å². The number of amides is 1. The number of aliphatic hydroxyl groups is 1. The molecule has 1 unspecified atom stereocenters. The second kappa shape index (κ2) is 6.73. The molecule has 1 amide bonds. The Morgan fingerprint density at radius 2 is 1.84 bits per heavy atom. The summed E-state index contributed by atoms with van der Waals surface area (Å²) < 4.78 is 0. The van der Waals surface area contributed by atoms with E-state index in [-0.39, 0.29) is 22.8 Å². The molecule has 1 aromatic rings. The fourth-order valence-electron chi connectivity index (χ4n) is 5.32. The number of nitrogens with one attached hydrogen (secondary N) is 1. The van der Waals surface area contributed by atoms with Gasteiger partial charge in [0, 0.05) is 26.2 Å². The third kappa shape index (κ3) is 3.00. The summed E-state index contributed by atoms with van der Waals surface area (Å²) in [6.07, 6.45) is 7.50. The maximum atomic E-state index is 13.2. The van der Waals surface area contributed by atoms with Crippen LogP contribution in [0.15, 0.2) is 30.3 Å². The van der Waals surface area contributed by atoms with E-state index in [2.05, 4.69) is 34.5 Å². The molecule has 1 aromatic carbocycles. The van der Waals surface area contributed by atoms with Gasteiger partial charge in [0.2, 0.25) is 5.91 Å². The molecule has 0 aromatic heterocycles. The highest BCUT2D eigenvalue weighted by atomic mass is 16.3. The molecule has 3 aliphatic rings. The first-order valence-corrected chi connectivity index (χ1v) is 9.91. The van der Waals surface area contributed by atoms with Crippen LogP contribution in [0.1, 0.15) is 50.5 Å². The Labute approximate surface area is 150 Å². The standard InChI is InChI=1S/C21H30N2O2/c24-18-8-13-23(14-9-18)15-12-22-19(25)21(17-6-2-1-3-7-17)16-20(21)10-4-5-11-20/h1-3,6-7,18,24H,4-5,8-16H2,(H,22,25). The third-order valence-corrected chi connectivity index (χ3v) is 6.87. The minimum absolute atomic E-state index is 0.138. The van der Waals surface area contributed by atoms with E-state index in [9.17, 15) is 9.90 Å². The zero-order chi connectivity index (χ0) is 17.3. The van der Waals surface area contributed by atoms with Crippen molar-refractivity contribution in [2.45, 2.75) is 56.5 Å². The van der Waals surface area contributed by atoms with Gasteiger partial charge in [-0.05, 0) is 43.1 Å². The summed E-state index contributed by atoms with van der Waals surface area (Å²) in [5.41, 5.74) is 1.13. The van der Waals surface area contributed by atoms with Crippen molar-refractivity contribution in [1.82, 2.24) is 10.2 Å². The van der Waals surface area contributed by atoms with Gasteiger partial charge in [0.15, 0.2) is 0 Å². The molecule has 1 aliphatic heterocycles. The van der Waals surface area contributed by atoms with Crippen LogP contribution in [-0.4, -0.2) is 48.2 Å². The number of benzene rings is 1. The summed E-state index contributed by atoms with van der Waals surface area (Å²) in [5, 5.41) is 12.9. The Bertz CT molecular complexity index is 604. The predicted molar refractivity (Wildman–Crippen MR) is 98.3 cm³/mol. The first kappa shape index (κ1) is 17.0. The van der Waals surface area contributed by atoms with Crippen LogP contribution in [0.4, 0.5) is 0 Å². The predicted octanol–water partition coefficient (Wildman–Crippen LogP) is 2.46. The lowest BCUT2D eigenvalue weighted by Gasteiger charge is -2.30. The minimum atomic E-state index is -0.289. The number of hydrogen-bond donors (Lipinski definition) is 2. The molecule has 4 nitrogen and oxygen atoms in total. The van der Waals surface area contributed by atoms with Crippen LogP contribution in [0.2, 0.25) is 0 Å². The Hall–Kier alpha value is -1.39. The topological polar surface area (TPSA) is 52.6 Å². The molecule has 136 valence electrons. The molecule has 25 heavy (non-hydrogen) atoms. The molecule has 2 N–H and O–H groups in total. The van der Waals surface area contributed by atoms with Crippen LogP contribution in [0.5, 0.6) is 0 Å². The fourth-order valence-corrected chi connectivity index (χ4v) is 5.32. The molecule has 4 heteroatoms. The lowest BCUT2D eigenvalue weighted by Crippen LogP contribution is -2.44. The van der Waals surface area contributed by atoms with Crippen molar-refractivity contribution in [1.29, 1.82) is 0 Å². The average molecular weight is 342 g/mol. The number of carbonyl (C=O) groups excluding carboxylic acids is 1. The summed E-state index contributed by atoms with van der Waals surface area (Å²) in [5.74, 6) is 0.234. The van der Waals surface area contributed by atoms with Crippen molar-refractivity contribution in [3.8, 4) is 0 Å². The summed E-state index contributed by atoms with van der Waals surface area (Å²) in [4.78, 5) is 15.6. The Morgan fingerprint density at radius 1 is 1.16 bits per heavy atom. The molecule has 0 bridgehead atoms. The van der Waals surface area contributed by atoms with E-state index in [0.29, 0.717) is 6.54 Å². The molecule has 1 atom stereocenters. The van der Waals surface area contributed by atoms with Gasteiger partial charge in [-0.1, -0.05) is 43.2 Å². The van der Waals surface area contributed by atoms with Crippen LogP contribution in [0.25, 0.3) is 0 Å². The second-order valence-electron chi connectivity index (χ2n) is 8.26. The first-order valence-electron chi connectivity index (χ1n) is 9.91. The molecule has 1 spiro atoms. The number of likely N-dealkylation sites (tertiary alicyclic amines) is 1. The van der Waals surface area contributed by atoms with Crippen molar-refractivity contribution in [2.24, 2.45) is 5.41 Å². The van der Waals surface area contributed by atoms with Gasteiger partial charge >= 0.3 is 0 Å². The van der Waals surface area contributed by atoms with Crippen molar-refractivity contribution in [3.63, 3.8) is 0 Å². The highest BCUT2D eigenvalue weighted by Gasteiger charge is 2.72. The Balaban J connectivity index is 1.40. The molecule has 1 saturated heterocycles. The monoisotopic (exact) mass is 342 g/mol. The van der Waals surface area contributed by atoms with Gasteiger partial charge < -0.3 is 15.3 Å². The van der Waals surface area contributed by atoms with E-state index in [1.165, 1.54) is 31.2 Å². The largest absolute Gasteiger partial charge is 0.393 e. The molecular weight excluding hydrogens is 312 g/mol. The molecule has 0 radical (unpaired) electrons. The number of carbonyl (C=O) groups is 1. The zero-order valence-electron chi connectivity index (χ0n) is 15.0. The summed E-state index contributed by atoms with van der Waals surface area (Å²) in [7, 11) is 0. The van der Waals surface area contributed by atoms with Crippen molar-refractivity contribution in [2.75, 3.05) is 26.2 Å². The normalized spacial score (nSPS) is 29.0. The number of piperidine rings is 1. The van der Waals surface area contributed by atoms with Gasteiger partial charge in [0.05, 0.1) is 11.5 Å². The number of hydrogen-bond acceptors (Lipinski definition) is 3. The van der Waals surface area contributed by atoms with Gasteiger partial charge in [-0.2, -0.15) is 0 Å². The smallest absolute Gasteiger partial charge is 0.231 e. The Morgan fingerprint density at radius 3 is 2.52 bits per heavy atom. The van der Waals surface area contributed by atoms with Crippen LogP contribution >= 0.6 is 0 Å². The Kier molecular flexibility index (Phi) is 4.59. The molecule has 2 aliphatic carbocycles. The van der Waals surface area contributed by atoms with Crippen LogP contribution in [0.3, 0.4) is 0 Å². The molecular formula is C21H30N2O2. The number of aliphatic hydroxyl groups excluding tert-OH is 1. The van der Waals surface area contributed by atoms with Gasteiger partial charge in [-0.25, -0.2) is 0 Å². The first-order chi connectivity index (χ1) is 12.2. The fraction of sp³-hybridized carbons (Fsp3) is 0.667. The van der Waals surface area contributed by atoms with E-state index in [1.54, 1.807) is 0 Å². The molecule has 4 rings (SSSR count). The quantitative estimate of drug-likeness (QED) is 0.864. The van der Waals surface area contributed by atoms with Gasteiger partial charge in [-0.15, -0.1) is 0 Å². The van der Waals surface area contributed by atoms with Crippen molar-refractivity contribution >= 4 is 5.91 Å². The van der Waals surface area contributed by atoms with Crippen LogP contribution in [-0.2, 0) is 10.2 Å². The molecule has 3 fully saturated rings. The van der Waals surface area contributed by atoms with Crippen molar-refractivity contribution in [3.05, 3.63) is 35.9 Å². The molecule has 1 heterocycles. The van der Waals surface area contributed by atoms with E-state index < -0.39 is 0 Å². The van der Waals surface area contributed by atoms with E-state index in [0.717, 1.165) is 38.9 Å². The highest BCUT2D eigenvalue weighted by Crippen LogP contribution is 2.72.